The van der Waals surface area contributed by atoms with Crippen molar-refractivity contribution >= 4 is 11.9 Å². The number of amides is 1. The SMILES string of the molecule is Cc1ccc(O)c(C(=O)OCC(=O)NC2CCCC2)c1. The first-order chi connectivity index (χ1) is 9.56. The molecular formula is C15H19NO4. The second kappa shape index (κ2) is 6.41. The van der Waals surface area contributed by atoms with Crippen LogP contribution in [-0.4, -0.2) is 29.6 Å². The van der Waals surface area contributed by atoms with E-state index in [4.69, 9.17) is 4.74 Å². The topological polar surface area (TPSA) is 75.6 Å². The average Bonchev–Trinajstić information content (AvgIpc) is 2.91. The van der Waals surface area contributed by atoms with E-state index in [-0.39, 0.29) is 29.9 Å². The molecule has 0 radical (unpaired) electrons. The average molecular weight is 277 g/mol. The summed E-state index contributed by atoms with van der Waals surface area (Å²) in [5.74, 6) is -1.12. The smallest absolute Gasteiger partial charge is 0.342 e. The maximum Gasteiger partial charge on any atom is 0.342 e. The lowest BCUT2D eigenvalue weighted by atomic mass is 10.1. The number of hydrogen-bond acceptors (Lipinski definition) is 4. The van der Waals surface area contributed by atoms with E-state index in [1.807, 2.05) is 6.92 Å². The van der Waals surface area contributed by atoms with Crippen molar-refractivity contribution in [2.24, 2.45) is 0 Å². The van der Waals surface area contributed by atoms with E-state index in [9.17, 15) is 14.7 Å². The molecule has 0 unspecified atom stereocenters. The van der Waals surface area contributed by atoms with Crippen LogP contribution in [0.4, 0.5) is 0 Å². The Morgan fingerprint density at radius 1 is 1.35 bits per heavy atom. The van der Waals surface area contributed by atoms with Crippen LogP contribution < -0.4 is 5.32 Å². The van der Waals surface area contributed by atoms with Gasteiger partial charge in [-0.05, 0) is 31.9 Å². The highest BCUT2D eigenvalue weighted by Gasteiger charge is 2.19. The van der Waals surface area contributed by atoms with Gasteiger partial charge in [0, 0.05) is 6.04 Å². The summed E-state index contributed by atoms with van der Waals surface area (Å²) in [6.45, 7) is 1.49. The van der Waals surface area contributed by atoms with E-state index in [0.717, 1.165) is 31.2 Å². The lowest BCUT2D eigenvalue weighted by molar-refractivity contribution is -0.124. The van der Waals surface area contributed by atoms with Crippen molar-refractivity contribution in [3.8, 4) is 5.75 Å². The fourth-order valence-corrected chi connectivity index (χ4v) is 2.36. The van der Waals surface area contributed by atoms with Crippen LogP contribution in [0.15, 0.2) is 18.2 Å². The minimum Gasteiger partial charge on any atom is -0.507 e. The predicted molar refractivity (Wildman–Crippen MR) is 73.5 cm³/mol. The Hall–Kier alpha value is -2.04. The Morgan fingerprint density at radius 3 is 2.75 bits per heavy atom. The molecule has 0 atom stereocenters. The van der Waals surface area contributed by atoms with Gasteiger partial charge in [0.15, 0.2) is 6.61 Å². The molecule has 0 saturated heterocycles. The molecule has 108 valence electrons. The quantitative estimate of drug-likeness (QED) is 0.824. The summed E-state index contributed by atoms with van der Waals surface area (Å²) in [5, 5.41) is 12.4. The molecule has 1 aromatic rings. The van der Waals surface area contributed by atoms with Gasteiger partial charge in [0.25, 0.3) is 5.91 Å². The summed E-state index contributed by atoms with van der Waals surface area (Å²) in [4.78, 5) is 23.4. The van der Waals surface area contributed by atoms with Gasteiger partial charge in [0.1, 0.15) is 11.3 Å². The van der Waals surface area contributed by atoms with Gasteiger partial charge in [0.2, 0.25) is 0 Å². The third kappa shape index (κ3) is 3.73. The number of phenolic OH excluding ortho intramolecular Hbond substituents is 1. The van der Waals surface area contributed by atoms with Crippen LogP contribution in [0.5, 0.6) is 5.75 Å². The third-order valence-electron chi connectivity index (χ3n) is 3.43. The van der Waals surface area contributed by atoms with Gasteiger partial charge in [-0.1, -0.05) is 24.5 Å². The molecule has 0 aromatic heterocycles. The van der Waals surface area contributed by atoms with E-state index in [1.54, 1.807) is 6.07 Å². The van der Waals surface area contributed by atoms with Crippen LogP contribution >= 0.6 is 0 Å². The molecule has 0 spiro atoms. The van der Waals surface area contributed by atoms with Crippen molar-refractivity contribution in [3.63, 3.8) is 0 Å². The second-order valence-corrected chi connectivity index (χ2v) is 5.15. The van der Waals surface area contributed by atoms with Crippen LogP contribution in [0.1, 0.15) is 41.6 Å². The van der Waals surface area contributed by atoms with Gasteiger partial charge < -0.3 is 15.2 Å². The Labute approximate surface area is 117 Å². The molecule has 5 heteroatoms. The number of rotatable bonds is 4. The number of nitrogens with one attached hydrogen (secondary N) is 1. The van der Waals surface area contributed by atoms with Gasteiger partial charge in [0.05, 0.1) is 0 Å². The Balaban J connectivity index is 1.85. The minimum absolute atomic E-state index is 0.0821. The molecule has 0 bridgehead atoms. The van der Waals surface area contributed by atoms with Gasteiger partial charge in [-0.25, -0.2) is 4.79 Å². The fraction of sp³-hybridized carbons (Fsp3) is 0.467. The molecule has 0 aliphatic heterocycles. The van der Waals surface area contributed by atoms with Gasteiger partial charge in [-0.3, -0.25) is 4.79 Å². The number of phenols is 1. The highest BCUT2D eigenvalue weighted by molar-refractivity contribution is 5.94. The summed E-state index contributed by atoms with van der Waals surface area (Å²) < 4.78 is 4.93. The molecule has 5 nitrogen and oxygen atoms in total. The van der Waals surface area contributed by atoms with Gasteiger partial charge in [-0.15, -0.1) is 0 Å². The van der Waals surface area contributed by atoms with Crippen LogP contribution in [0.2, 0.25) is 0 Å². The largest absolute Gasteiger partial charge is 0.507 e. The van der Waals surface area contributed by atoms with E-state index in [1.165, 1.54) is 12.1 Å². The highest BCUT2D eigenvalue weighted by atomic mass is 16.5. The van der Waals surface area contributed by atoms with Crippen molar-refractivity contribution in [1.82, 2.24) is 5.32 Å². The first-order valence-electron chi connectivity index (χ1n) is 6.82. The molecule has 1 fully saturated rings. The predicted octanol–water partition coefficient (Wildman–Crippen LogP) is 1.92. The van der Waals surface area contributed by atoms with Crippen LogP contribution in [0.25, 0.3) is 0 Å². The number of aromatic hydroxyl groups is 1. The van der Waals surface area contributed by atoms with Crippen molar-refractivity contribution in [2.75, 3.05) is 6.61 Å². The van der Waals surface area contributed by atoms with Crippen LogP contribution in [0, 0.1) is 6.92 Å². The van der Waals surface area contributed by atoms with E-state index >= 15 is 0 Å². The molecule has 2 N–H and O–H groups in total. The summed E-state index contributed by atoms with van der Waals surface area (Å²) in [5.41, 5.74) is 0.920. The van der Waals surface area contributed by atoms with Crippen molar-refractivity contribution in [1.29, 1.82) is 0 Å². The van der Waals surface area contributed by atoms with Gasteiger partial charge in [-0.2, -0.15) is 0 Å². The number of benzene rings is 1. The Bertz CT molecular complexity index is 507. The molecule has 1 saturated carbocycles. The number of carbonyl (C=O) groups excluding carboxylic acids is 2. The molecule has 0 heterocycles. The van der Waals surface area contributed by atoms with Gasteiger partial charge >= 0.3 is 5.97 Å². The number of aryl methyl sites for hydroxylation is 1. The monoisotopic (exact) mass is 277 g/mol. The van der Waals surface area contributed by atoms with Crippen molar-refractivity contribution in [3.05, 3.63) is 29.3 Å². The number of carbonyl (C=O) groups is 2. The van der Waals surface area contributed by atoms with Crippen LogP contribution in [0.3, 0.4) is 0 Å². The summed E-state index contributed by atoms with van der Waals surface area (Å²) in [7, 11) is 0. The molecule has 1 aromatic carbocycles. The second-order valence-electron chi connectivity index (χ2n) is 5.15. The van der Waals surface area contributed by atoms with Crippen molar-refractivity contribution < 1.29 is 19.4 Å². The minimum atomic E-state index is -0.687. The van der Waals surface area contributed by atoms with E-state index < -0.39 is 5.97 Å². The molecule has 1 aliphatic carbocycles. The standard InChI is InChI=1S/C15H19NO4/c1-10-6-7-13(17)12(8-10)15(19)20-9-14(18)16-11-4-2-3-5-11/h6-8,11,17H,2-5,9H2,1H3,(H,16,18). The molecule has 1 aliphatic rings. The number of ether oxygens (including phenoxy) is 1. The lowest BCUT2D eigenvalue weighted by Crippen LogP contribution is -2.35. The van der Waals surface area contributed by atoms with Crippen LogP contribution in [-0.2, 0) is 9.53 Å². The zero-order valence-corrected chi connectivity index (χ0v) is 11.5. The molecule has 20 heavy (non-hydrogen) atoms. The molecule has 2 rings (SSSR count). The van der Waals surface area contributed by atoms with E-state index in [2.05, 4.69) is 5.32 Å². The summed E-state index contributed by atoms with van der Waals surface area (Å²) >= 11 is 0. The van der Waals surface area contributed by atoms with Crippen molar-refractivity contribution in [2.45, 2.75) is 38.6 Å². The molecule has 1 amide bonds. The maximum absolute atomic E-state index is 11.8. The summed E-state index contributed by atoms with van der Waals surface area (Å²) in [6.07, 6.45) is 4.22. The fourth-order valence-electron chi connectivity index (χ4n) is 2.36. The molecular weight excluding hydrogens is 258 g/mol. The maximum atomic E-state index is 11.8. The number of esters is 1. The number of hydrogen-bond donors (Lipinski definition) is 2. The highest BCUT2D eigenvalue weighted by Crippen LogP contribution is 2.19. The normalized spacial score (nSPS) is 15.1. The third-order valence-corrected chi connectivity index (χ3v) is 3.43. The zero-order valence-electron chi connectivity index (χ0n) is 11.5. The first-order valence-corrected chi connectivity index (χ1v) is 6.82. The van der Waals surface area contributed by atoms with E-state index in [0.29, 0.717) is 0 Å². The summed E-state index contributed by atoms with van der Waals surface area (Å²) in [6, 6.07) is 4.87. The lowest BCUT2D eigenvalue weighted by Gasteiger charge is -2.12. The zero-order chi connectivity index (χ0) is 14.5. The first kappa shape index (κ1) is 14.4. The Morgan fingerprint density at radius 2 is 2.05 bits per heavy atom. The Kier molecular flexibility index (Phi) is 4.61.